The highest BCUT2D eigenvalue weighted by Gasteiger charge is 2.31. The van der Waals surface area contributed by atoms with Gasteiger partial charge in [0.2, 0.25) is 15.9 Å². The van der Waals surface area contributed by atoms with Gasteiger partial charge < -0.3 is 5.32 Å². The second kappa shape index (κ2) is 10.8. The maximum absolute atomic E-state index is 12.8. The molecule has 31 heavy (non-hydrogen) atoms. The minimum atomic E-state index is -3.48. The van der Waals surface area contributed by atoms with Crippen LogP contribution in [0.3, 0.4) is 0 Å². The Bertz CT molecular complexity index is 991. The van der Waals surface area contributed by atoms with Gasteiger partial charge in [-0.1, -0.05) is 59.6 Å². The Balaban J connectivity index is 1.46. The van der Waals surface area contributed by atoms with Crippen molar-refractivity contribution in [2.45, 2.75) is 44.4 Å². The highest BCUT2D eigenvalue weighted by atomic mass is 35.5. The molecule has 1 aliphatic rings. The average molecular weight is 483 g/mol. The molecule has 168 valence electrons. The SMILES string of the molecule is C[C@H](CCc1ccccc1)NC(=O)C1CCN(S(=O)(=O)Cc2ccc(Cl)c(Cl)c2)CC1. The molecule has 0 aromatic heterocycles. The van der Waals surface area contributed by atoms with E-state index >= 15 is 0 Å². The number of sulfonamides is 1. The third-order valence-electron chi connectivity index (χ3n) is 5.65. The van der Waals surface area contributed by atoms with Crippen LogP contribution in [-0.4, -0.2) is 37.8 Å². The summed E-state index contributed by atoms with van der Waals surface area (Å²) in [5.74, 6) is -0.269. The number of piperidine rings is 1. The van der Waals surface area contributed by atoms with E-state index in [0.717, 1.165) is 12.8 Å². The van der Waals surface area contributed by atoms with Crippen LogP contribution in [-0.2, 0) is 27.0 Å². The standard InChI is InChI=1S/C23H28Cl2N2O3S/c1-17(7-8-18-5-3-2-4-6-18)26-23(28)20-11-13-27(14-12-20)31(29,30)16-19-9-10-21(24)22(25)15-19/h2-6,9-10,15,17,20H,7-8,11-14,16H2,1H3,(H,26,28)/t17-/m1/s1. The van der Waals surface area contributed by atoms with Gasteiger partial charge in [-0.15, -0.1) is 0 Å². The summed E-state index contributed by atoms with van der Waals surface area (Å²) in [7, 11) is -3.48. The van der Waals surface area contributed by atoms with E-state index in [1.807, 2.05) is 25.1 Å². The summed E-state index contributed by atoms with van der Waals surface area (Å²) in [4.78, 5) is 12.6. The van der Waals surface area contributed by atoms with Crippen molar-refractivity contribution in [2.24, 2.45) is 5.92 Å². The Morgan fingerprint density at radius 3 is 2.39 bits per heavy atom. The van der Waals surface area contributed by atoms with Crippen LogP contribution in [0, 0.1) is 5.92 Å². The van der Waals surface area contributed by atoms with E-state index in [0.29, 0.717) is 41.5 Å². The fraction of sp³-hybridized carbons (Fsp3) is 0.435. The molecule has 1 heterocycles. The molecule has 0 spiro atoms. The molecule has 1 amide bonds. The van der Waals surface area contributed by atoms with E-state index in [9.17, 15) is 13.2 Å². The summed E-state index contributed by atoms with van der Waals surface area (Å²) in [6.07, 6.45) is 2.83. The number of carbonyl (C=O) groups excluding carboxylic acids is 1. The Kier molecular flexibility index (Phi) is 8.39. The topological polar surface area (TPSA) is 66.5 Å². The molecular formula is C23H28Cl2N2O3S. The quantitative estimate of drug-likeness (QED) is 0.594. The van der Waals surface area contributed by atoms with E-state index in [4.69, 9.17) is 23.2 Å². The molecule has 2 aromatic rings. The maximum Gasteiger partial charge on any atom is 0.223 e. The number of carbonyl (C=O) groups is 1. The summed E-state index contributed by atoms with van der Waals surface area (Å²) < 4.78 is 27.0. The van der Waals surface area contributed by atoms with Gasteiger partial charge in [-0.3, -0.25) is 4.79 Å². The van der Waals surface area contributed by atoms with Crippen LogP contribution < -0.4 is 5.32 Å². The highest BCUT2D eigenvalue weighted by Crippen LogP contribution is 2.26. The lowest BCUT2D eigenvalue weighted by Crippen LogP contribution is -2.45. The molecule has 2 aromatic carbocycles. The fourth-order valence-corrected chi connectivity index (χ4v) is 5.66. The first-order valence-electron chi connectivity index (χ1n) is 10.5. The number of aryl methyl sites for hydroxylation is 1. The zero-order valence-corrected chi connectivity index (χ0v) is 19.9. The molecular weight excluding hydrogens is 455 g/mol. The van der Waals surface area contributed by atoms with Crippen molar-refractivity contribution < 1.29 is 13.2 Å². The fourth-order valence-electron chi connectivity index (χ4n) is 3.79. The summed E-state index contributed by atoms with van der Waals surface area (Å²) in [5.41, 5.74) is 1.85. The minimum absolute atomic E-state index is 0.0158. The van der Waals surface area contributed by atoms with Gasteiger partial charge in [0.25, 0.3) is 0 Å². The van der Waals surface area contributed by atoms with E-state index < -0.39 is 10.0 Å². The number of nitrogens with zero attached hydrogens (tertiary/aromatic N) is 1. The van der Waals surface area contributed by atoms with Crippen LogP contribution in [0.4, 0.5) is 0 Å². The predicted molar refractivity (Wildman–Crippen MR) is 126 cm³/mol. The monoisotopic (exact) mass is 482 g/mol. The van der Waals surface area contributed by atoms with Gasteiger partial charge >= 0.3 is 0 Å². The largest absolute Gasteiger partial charge is 0.353 e. The van der Waals surface area contributed by atoms with Crippen LogP contribution in [0.2, 0.25) is 10.0 Å². The van der Waals surface area contributed by atoms with E-state index in [1.54, 1.807) is 18.2 Å². The number of amides is 1. The lowest BCUT2D eigenvalue weighted by Gasteiger charge is -2.31. The van der Waals surface area contributed by atoms with Crippen LogP contribution in [0.5, 0.6) is 0 Å². The van der Waals surface area contributed by atoms with Crippen LogP contribution in [0.25, 0.3) is 0 Å². The summed E-state index contributed by atoms with van der Waals surface area (Å²) >= 11 is 11.9. The first-order chi connectivity index (χ1) is 14.7. The molecule has 1 aliphatic heterocycles. The summed E-state index contributed by atoms with van der Waals surface area (Å²) in [5, 5.41) is 3.83. The normalized spacial score (nSPS) is 16.7. The van der Waals surface area contributed by atoms with Crippen LogP contribution in [0.15, 0.2) is 48.5 Å². The number of halogens is 2. The molecule has 3 rings (SSSR count). The molecule has 1 atom stereocenters. The number of hydrogen-bond acceptors (Lipinski definition) is 3. The van der Waals surface area contributed by atoms with Gasteiger partial charge in [0.15, 0.2) is 0 Å². The Morgan fingerprint density at radius 1 is 1.06 bits per heavy atom. The second-order valence-corrected chi connectivity index (χ2v) is 10.9. The molecule has 0 unspecified atom stereocenters. The lowest BCUT2D eigenvalue weighted by atomic mass is 9.96. The van der Waals surface area contributed by atoms with Gasteiger partial charge in [-0.05, 0) is 55.9 Å². The van der Waals surface area contributed by atoms with Gasteiger partial charge in [-0.2, -0.15) is 0 Å². The number of nitrogens with one attached hydrogen (secondary N) is 1. The molecule has 1 saturated heterocycles. The predicted octanol–water partition coefficient (Wildman–Crippen LogP) is 4.67. The van der Waals surface area contributed by atoms with Crippen molar-refractivity contribution >= 4 is 39.1 Å². The molecule has 1 fully saturated rings. The molecule has 0 saturated carbocycles. The zero-order valence-electron chi connectivity index (χ0n) is 17.6. The van der Waals surface area contributed by atoms with Crippen molar-refractivity contribution in [3.8, 4) is 0 Å². The molecule has 1 N–H and O–H groups in total. The Hall–Kier alpha value is -1.60. The van der Waals surface area contributed by atoms with E-state index in [1.165, 1.54) is 9.87 Å². The van der Waals surface area contributed by atoms with Gasteiger partial charge in [0.05, 0.1) is 15.8 Å². The third kappa shape index (κ3) is 6.94. The van der Waals surface area contributed by atoms with Crippen LogP contribution >= 0.6 is 23.2 Å². The molecule has 5 nitrogen and oxygen atoms in total. The van der Waals surface area contributed by atoms with Crippen molar-refractivity contribution in [3.63, 3.8) is 0 Å². The number of hydrogen-bond donors (Lipinski definition) is 1. The van der Waals surface area contributed by atoms with Crippen LogP contribution in [0.1, 0.15) is 37.3 Å². The van der Waals surface area contributed by atoms with Crippen molar-refractivity contribution in [3.05, 3.63) is 69.7 Å². The molecule has 0 aliphatic carbocycles. The lowest BCUT2D eigenvalue weighted by molar-refractivity contribution is -0.126. The zero-order chi connectivity index (χ0) is 22.4. The summed E-state index contributed by atoms with van der Waals surface area (Å²) in [6, 6.07) is 15.1. The first-order valence-corrected chi connectivity index (χ1v) is 12.9. The highest BCUT2D eigenvalue weighted by molar-refractivity contribution is 7.88. The molecule has 0 radical (unpaired) electrons. The van der Waals surface area contributed by atoms with Gasteiger partial charge in [-0.25, -0.2) is 12.7 Å². The number of benzene rings is 2. The minimum Gasteiger partial charge on any atom is -0.353 e. The summed E-state index contributed by atoms with van der Waals surface area (Å²) in [6.45, 7) is 2.71. The Morgan fingerprint density at radius 2 is 1.74 bits per heavy atom. The Labute approximate surface area is 194 Å². The maximum atomic E-state index is 12.8. The smallest absolute Gasteiger partial charge is 0.223 e. The third-order valence-corrected chi connectivity index (χ3v) is 8.24. The van der Waals surface area contributed by atoms with Crippen molar-refractivity contribution in [2.75, 3.05) is 13.1 Å². The first kappa shape index (κ1) is 24.1. The van der Waals surface area contributed by atoms with Gasteiger partial charge in [0.1, 0.15) is 0 Å². The van der Waals surface area contributed by atoms with E-state index in [2.05, 4.69) is 17.4 Å². The average Bonchev–Trinajstić information content (AvgIpc) is 2.75. The van der Waals surface area contributed by atoms with Crippen molar-refractivity contribution in [1.29, 1.82) is 0 Å². The van der Waals surface area contributed by atoms with E-state index in [-0.39, 0.29) is 23.6 Å². The van der Waals surface area contributed by atoms with Crippen molar-refractivity contribution in [1.82, 2.24) is 9.62 Å². The molecule has 0 bridgehead atoms. The van der Waals surface area contributed by atoms with Gasteiger partial charge in [0, 0.05) is 25.0 Å². The second-order valence-electron chi connectivity index (χ2n) is 8.11. The number of rotatable bonds is 8. The molecule has 8 heteroatoms.